The maximum absolute atomic E-state index is 13.5. The predicted molar refractivity (Wildman–Crippen MR) is 71.8 cm³/mol. The first-order chi connectivity index (χ1) is 10.2. The molecule has 0 saturated carbocycles. The molecule has 0 aliphatic heterocycles. The van der Waals surface area contributed by atoms with Crippen molar-refractivity contribution in [2.24, 2.45) is 0 Å². The Morgan fingerprint density at radius 2 is 1.59 bits per heavy atom. The first-order valence-electron chi connectivity index (χ1n) is 6.23. The van der Waals surface area contributed by atoms with E-state index in [2.05, 4.69) is 0 Å². The third-order valence-corrected chi connectivity index (χ3v) is 3.11. The van der Waals surface area contributed by atoms with Gasteiger partial charge in [-0.3, -0.25) is 0 Å². The van der Waals surface area contributed by atoms with Gasteiger partial charge in [-0.15, -0.1) is 0 Å². The Hall–Kier alpha value is -2.21. The highest BCUT2D eigenvalue weighted by Crippen LogP contribution is 2.40. The highest BCUT2D eigenvalue weighted by atomic mass is 19.4. The number of aliphatic hydroxyl groups is 1. The second-order valence-corrected chi connectivity index (χ2v) is 4.63. The minimum absolute atomic E-state index is 0.124. The second-order valence-electron chi connectivity index (χ2n) is 4.63. The molecule has 0 aromatic heterocycles. The molecule has 116 valence electrons. The summed E-state index contributed by atoms with van der Waals surface area (Å²) in [5.74, 6) is -1.65. The van der Waals surface area contributed by atoms with Crippen LogP contribution in [0.25, 0.3) is 6.08 Å². The van der Waals surface area contributed by atoms with Crippen LogP contribution >= 0.6 is 0 Å². The summed E-state index contributed by atoms with van der Waals surface area (Å²) in [5, 5.41) is 9.99. The monoisotopic (exact) mass is 314 g/mol. The Bertz CT molecular complexity index is 693. The maximum Gasteiger partial charge on any atom is 0.425 e. The molecule has 0 radical (unpaired) electrons. The van der Waals surface area contributed by atoms with Crippen molar-refractivity contribution in [3.63, 3.8) is 0 Å². The smallest absolute Gasteiger partial charge is 0.373 e. The second kappa shape index (κ2) is 5.88. The molecular weight excluding hydrogens is 303 g/mol. The number of halogens is 5. The summed E-state index contributed by atoms with van der Waals surface area (Å²) in [7, 11) is 0. The van der Waals surface area contributed by atoms with E-state index >= 15 is 0 Å². The summed E-state index contributed by atoms with van der Waals surface area (Å²) in [6.07, 6.45) is -3.88. The van der Waals surface area contributed by atoms with E-state index in [1.54, 1.807) is 0 Å². The van der Waals surface area contributed by atoms with Crippen LogP contribution in [0.2, 0.25) is 0 Å². The van der Waals surface area contributed by atoms with E-state index in [1.807, 2.05) is 0 Å². The van der Waals surface area contributed by atoms with Crippen LogP contribution < -0.4 is 0 Å². The number of rotatable bonds is 3. The Morgan fingerprint density at radius 1 is 0.909 bits per heavy atom. The van der Waals surface area contributed by atoms with E-state index in [9.17, 15) is 27.1 Å². The Kier molecular flexibility index (Phi) is 4.32. The zero-order valence-electron chi connectivity index (χ0n) is 11.1. The molecule has 0 saturated heterocycles. The highest BCUT2D eigenvalue weighted by molar-refractivity contribution is 5.52. The molecule has 1 unspecified atom stereocenters. The minimum Gasteiger partial charge on any atom is -0.373 e. The molecular formula is C16H11F5O. The average molecular weight is 314 g/mol. The number of alkyl halides is 3. The zero-order chi connectivity index (χ0) is 16.4. The standard InChI is InChI=1S/C16H11F5O/c17-13-6-3-5-12(10-13)15(22,16(19,20)21)9-8-11-4-1-2-7-14(11)18/h1-10,22H. The topological polar surface area (TPSA) is 20.2 Å². The van der Waals surface area contributed by atoms with Crippen LogP contribution in [0.3, 0.4) is 0 Å². The van der Waals surface area contributed by atoms with Crippen LogP contribution in [0.5, 0.6) is 0 Å². The number of hydrogen-bond acceptors (Lipinski definition) is 1. The lowest BCUT2D eigenvalue weighted by Crippen LogP contribution is -2.40. The number of benzene rings is 2. The van der Waals surface area contributed by atoms with Gasteiger partial charge < -0.3 is 5.11 Å². The first kappa shape index (κ1) is 16.2. The van der Waals surface area contributed by atoms with Gasteiger partial charge in [0.05, 0.1) is 0 Å². The van der Waals surface area contributed by atoms with Crippen molar-refractivity contribution in [1.29, 1.82) is 0 Å². The molecule has 0 aliphatic rings. The van der Waals surface area contributed by atoms with E-state index in [1.165, 1.54) is 18.2 Å². The summed E-state index contributed by atoms with van der Waals surface area (Å²) < 4.78 is 66.2. The Labute approximate surface area is 123 Å². The van der Waals surface area contributed by atoms with Crippen molar-refractivity contribution in [2.75, 3.05) is 0 Å². The van der Waals surface area contributed by atoms with Gasteiger partial charge in [-0.2, -0.15) is 13.2 Å². The van der Waals surface area contributed by atoms with Gasteiger partial charge in [-0.1, -0.05) is 36.4 Å². The number of hydrogen-bond donors (Lipinski definition) is 1. The zero-order valence-corrected chi connectivity index (χ0v) is 11.1. The van der Waals surface area contributed by atoms with Gasteiger partial charge in [0, 0.05) is 5.56 Å². The van der Waals surface area contributed by atoms with Crippen molar-refractivity contribution < 1.29 is 27.1 Å². The van der Waals surface area contributed by atoms with Crippen LogP contribution in [0.1, 0.15) is 11.1 Å². The van der Waals surface area contributed by atoms with Gasteiger partial charge in [0.1, 0.15) is 11.6 Å². The van der Waals surface area contributed by atoms with Crippen molar-refractivity contribution in [2.45, 2.75) is 11.8 Å². The Morgan fingerprint density at radius 3 is 2.18 bits per heavy atom. The lowest BCUT2D eigenvalue weighted by atomic mass is 9.91. The molecule has 0 heterocycles. The van der Waals surface area contributed by atoms with Gasteiger partial charge in [-0.05, 0) is 29.8 Å². The van der Waals surface area contributed by atoms with Gasteiger partial charge in [-0.25, -0.2) is 8.78 Å². The molecule has 1 N–H and O–H groups in total. The Balaban J connectivity index is 2.50. The maximum atomic E-state index is 13.5. The van der Waals surface area contributed by atoms with Gasteiger partial charge in [0.15, 0.2) is 0 Å². The van der Waals surface area contributed by atoms with E-state index in [-0.39, 0.29) is 5.56 Å². The molecule has 1 atom stereocenters. The molecule has 0 spiro atoms. The van der Waals surface area contributed by atoms with Crippen LogP contribution in [0.15, 0.2) is 54.6 Å². The van der Waals surface area contributed by atoms with Crippen molar-refractivity contribution in [3.05, 3.63) is 77.4 Å². The third-order valence-electron chi connectivity index (χ3n) is 3.11. The average Bonchev–Trinajstić information content (AvgIpc) is 2.45. The van der Waals surface area contributed by atoms with E-state index in [4.69, 9.17) is 0 Å². The van der Waals surface area contributed by atoms with Crippen LogP contribution in [-0.2, 0) is 5.60 Å². The largest absolute Gasteiger partial charge is 0.425 e. The summed E-state index contributed by atoms with van der Waals surface area (Å²) >= 11 is 0. The molecule has 6 heteroatoms. The fraction of sp³-hybridized carbons (Fsp3) is 0.125. The summed E-state index contributed by atoms with van der Waals surface area (Å²) in [5.41, 5.74) is -4.23. The molecule has 22 heavy (non-hydrogen) atoms. The van der Waals surface area contributed by atoms with E-state index in [0.717, 1.165) is 30.3 Å². The summed E-state index contributed by atoms with van der Waals surface area (Å²) in [4.78, 5) is 0. The van der Waals surface area contributed by atoms with Crippen molar-refractivity contribution >= 4 is 6.08 Å². The van der Waals surface area contributed by atoms with Crippen molar-refractivity contribution in [3.8, 4) is 0 Å². The lowest BCUT2D eigenvalue weighted by molar-refractivity contribution is -0.245. The van der Waals surface area contributed by atoms with Crippen LogP contribution in [0, 0.1) is 11.6 Å². The summed E-state index contributed by atoms with van der Waals surface area (Å²) in [6.45, 7) is 0. The SMILES string of the molecule is OC(C=Cc1ccccc1F)(c1cccc(F)c1)C(F)(F)F. The molecule has 1 nitrogen and oxygen atoms in total. The van der Waals surface area contributed by atoms with Crippen molar-refractivity contribution in [1.82, 2.24) is 0 Å². The molecule has 0 fully saturated rings. The van der Waals surface area contributed by atoms with Crippen LogP contribution in [-0.4, -0.2) is 11.3 Å². The first-order valence-corrected chi connectivity index (χ1v) is 6.23. The van der Waals surface area contributed by atoms with E-state index in [0.29, 0.717) is 12.1 Å². The van der Waals surface area contributed by atoms with Crippen LogP contribution in [0.4, 0.5) is 22.0 Å². The van der Waals surface area contributed by atoms with Gasteiger partial charge >= 0.3 is 6.18 Å². The van der Waals surface area contributed by atoms with E-state index < -0.39 is 29.0 Å². The molecule has 0 amide bonds. The minimum atomic E-state index is -5.09. The quantitative estimate of drug-likeness (QED) is 0.831. The lowest BCUT2D eigenvalue weighted by Gasteiger charge is -2.28. The summed E-state index contributed by atoms with van der Waals surface area (Å²) in [6, 6.07) is 8.70. The van der Waals surface area contributed by atoms with Gasteiger partial charge in [0.2, 0.25) is 5.60 Å². The third kappa shape index (κ3) is 3.17. The fourth-order valence-corrected chi connectivity index (χ4v) is 1.90. The molecule has 0 aliphatic carbocycles. The molecule has 2 rings (SSSR count). The highest BCUT2D eigenvalue weighted by Gasteiger charge is 2.53. The normalized spacial score (nSPS) is 15.0. The molecule has 0 bridgehead atoms. The van der Waals surface area contributed by atoms with Gasteiger partial charge in [0.25, 0.3) is 0 Å². The molecule has 2 aromatic rings. The molecule has 2 aromatic carbocycles. The predicted octanol–water partition coefficient (Wildman–Crippen LogP) is 4.43. The fourth-order valence-electron chi connectivity index (χ4n) is 1.90.